The van der Waals surface area contributed by atoms with Crippen molar-refractivity contribution in [3.05, 3.63) is 65.5 Å². The van der Waals surface area contributed by atoms with Crippen molar-refractivity contribution in [1.82, 2.24) is 0 Å². The maximum atomic E-state index is 14.8. The van der Waals surface area contributed by atoms with E-state index in [0.29, 0.717) is 16.6 Å². The smallest absolute Gasteiger partial charge is 0.399 e. The van der Waals surface area contributed by atoms with Crippen LogP contribution in [0, 0.1) is 5.82 Å². The normalized spacial score (nSPS) is 21.2. The maximum absolute atomic E-state index is 14.8. The molecule has 5 heteroatoms. The fraction of sp³-hybridized carbons (Fsp3) is 0.400. The summed E-state index contributed by atoms with van der Waals surface area (Å²) < 4.78 is 26.6. The molecule has 0 aliphatic carbocycles. The monoisotopic (exact) mass is 342 g/mol. The van der Waals surface area contributed by atoms with Crippen LogP contribution in [0.25, 0.3) is 0 Å². The van der Waals surface area contributed by atoms with Crippen molar-refractivity contribution < 1.29 is 18.8 Å². The second-order valence-electron chi connectivity index (χ2n) is 7.76. The molecule has 25 heavy (non-hydrogen) atoms. The Hall–Kier alpha value is -1.69. The zero-order chi connectivity index (χ0) is 18.5. The van der Waals surface area contributed by atoms with E-state index in [1.807, 2.05) is 58.0 Å². The van der Waals surface area contributed by atoms with Gasteiger partial charge in [0.2, 0.25) is 0 Å². The second kappa shape index (κ2) is 5.94. The molecular formula is C20H24BFO3. The van der Waals surface area contributed by atoms with Gasteiger partial charge in [0.25, 0.3) is 0 Å². The van der Waals surface area contributed by atoms with E-state index in [0.717, 1.165) is 0 Å². The summed E-state index contributed by atoms with van der Waals surface area (Å²) in [6.07, 6.45) is 0. The average molecular weight is 342 g/mol. The molecule has 0 bridgehead atoms. The molecule has 1 saturated heterocycles. The van der Waals surface area contributed by atoms with Crippen LogP contribution in [0.15, 0.2) is 48.5 Å². The first-order chi connectivity index (χ1) is 11.5. The number of hydrogen-bond acceptors (Lipinski definition) is 3. The Bertz CT molecular complexity index is 756. The van der Waals surface area contributed by atoms with Crippen molar-refractivity contribution in [2.24, 2.45) is 0 Å². The van der Waals surface area contributed by atoms with Crippen LogP contribution in [0.2, 0.25) is 0 Å². The minimum atomic E-state index is -1.28. The molecule has 1 heterocycles. The zero-order valence-electron chi connectivity index (χ0n) is 15.3. The Morgan fingerprint density at radius 1 is 0.920 bits per heavy atom. The van der Waals surface area contributed by atoms with Gasteiger partial charge in [-0.15, -0.1) is 0 Å². The van der Waals surface area contributed by atoms with E-state index in [1.54, 1.807) is 19.1 Å². The van der Waals surface area contributed by atoms with Crippen LogP contribution in [0.4, 0.5) is 4.39 Å². The highest BCUT2D eigenvalue weighted by Crippen LogP contribution is 2.37. The van der Waals surface area contributed by atoms with Gasteiger partial charge >= 0.3 is 7.12 Å². The first kappa shape index (κ1) is 18.1. The Morgan fingerprint density at radius 2 is 1.48 bits per heavy atom. The quantitative estimate of drug-likeness (QED) is 0.869. The van der Waals surface area contributed by atoms with Crippen LogP contribution in [-0.4, -0.2) is 23.4 Å². The lowest BCUT2D eigenvalue weighted by Gasteiger charge is -2.32. The Labute approximate surface area is 148 Å². The molecule has 0 aromatic heterocycles. The van der Waals surface area contributed by atoms with E-state index >= 15 is 0 Å². The van der Waals surface area contributed by atoms with Crippen molar-refractivity contribution in [2.75, 3.05) is 0 Å². The molecule has 1 N–H and O–H groups in total. The van der Waals surface area contributed by atoms with E-state index < -0.39 is 29.7 Å². The van der Waals surface area contributed by atoms with Crippen LogP contribution in [0.5, 0.6) is 0 Å². The minimum Gasteiger partial charge on any atom is -0.399 e. The predicted molar refractivity (Wildman–Crippen MR) is 97.2 cm³/mol. The average Bonchev–Trinajstić information content (AvgIpc) is 2.76. The van der Waals surface area contributed by atoms with Gasteiger partial charge in [-0.05, 0) is 51.8 Å². The van der Waals surface area contributed by atoms with Crippen molar-refractivity contribution in [3.63, 3.8) is 0 Å². The van der Waals surface area contributed by atoms with Crippen molar-refractivity contribution in [3.8, 4) is 0 Å². The molecule has 1 fully saturated rings. The third-order valence-electron chi connectivity index (χ3n) is 5.41. The van der Waals surface area contributed by atoms with Crippen LogP contribution in [0.1, 0.15) is 45.7 Å². The fourth-order valence-electron chi connectivity index (χ4n) is 2.92. The summed E-state index contributed by atoms with van der Waals surface area (Å²) in [5, 5.41) is 10.9. The largest absolute Gasteiger partial charge is 0.497 e. The minimum absolute atomic E-state index is 0.339. The Morgan fingerprint density at radius 3 is 2.00 bits per heavy atom. The topological polar surface area (TPSA) is 38.7 Å². The van der Waals surface area contributed by atoms with Crippen LogP contribution in [0.3, 0.4) is 0 Å². The molecule has 1 aliphatic rings. The summed E-state index contributed by atoms with van der Waals surface area (Å²) >= 11 is 0. The van der Waals surface area contributed by atoms with Crippen LogP contribution >= 0.6 is 0 Å². The summed E-state index contributed by atoms with van der Waals surface area (Å²) in [6.45, 7) is 9.38. The third kappa shape index (κ3) is 3.12. The number of benzene rings is 2. The van der Waals surface area contributed by atoms with Gasteiger partial charge < -0.3 is 14.4 Å². The molecule has 2 aromatic rings. The Balaban J connectivity index is 1.93. The molecule has 0 spiro atoms. The lowest BCUT2D eigenvalue weighted by atomic mass is 9.77. The summed E-state index contributed by atoms with van der Waals surface area (Å²) in [7, 11) is -0.763. The molecule has 1 atom stereocenters. The van der Waals surface area contributed by atoms with E-state index in [9.17, 15) is 9.50 Å². The van der Waals surface area contributed by atoms with E-state index in [-0.39, 0.29) is 0 Å². The number of aliphatic hydroxyl groups is 1. The third-order valence-corrected chi connectivity index (χ3v) is 5.41. The molecule has 3 nitrogen and oxygen atoms in total. The first-order valence-electron chi connectivity index (χ1n) is 8.48. The number of halogens is 1. The lowest BCUT2D eigenvalue weighted by molar-refractivity contribution is 0.00578. The standard InChI is InChI=1S/C20H24BFO3/c1-18(2)19(3,4)25-21(24-18)16-12-11-15(13-17(16)22)20(5,23)14-9-7-6-8-10-14/h6-13,23H,1-5H3. The Kier molecular flexibility index (Phi) is 4.30. The lowest BCUT2D eigenvalue weighted by Crippen LogP contribution is -2.41. The molecule has 132 valence electrons. The summed E-state index contributed by atoms with van der Waals surface area (Å²) in [6, 6.07) is 13.9. The summed E-state index contributed by atoms with van der Waals surface area (Å²) in [4.78, 5) is 0. The van der Waals surface area contributed by atoms with Gasteiger partial charge in [-0.2, -0.15) is 0 Å². The molecule has 1 aliphatic heterocycles. The second-order valence-corrected chi connectivity index (χ2v) is 7.76. The first-order valence-corrected chi connectivity index (χ1v) is 8.48. The van der Waals surface area contributed by atoms with Gasteiger partial charge in [-0.3, -0.25) is 0 Å². The predicted octanol–water partition coefficient (Wildman–Crippen LogP) is 3.38. The van der Waals surface area contributed by atoms with E-state index in [4.69, 9.17) is 9.31 Å². The number of rotatable bonds is 3. The van der Waals surface area contributed by atoms with Gasteiger partial charge in [0.1, 0.15) is 11.4 Å². The molecule has 0 amide bonds. The number of hydrogen-bond donors (Lipinski definition) is 1. The van der Waals surface area contributed by atoms with Crippen molar-refractivity contribution in [1.29, 1.82) is 0 Å². The highest BCUT2D eigenvalue weighted by Gasteiger charge is 2.52. The SMILES string of the molecule is CC(O)(c1ccccc1)c1ccc(B2OC(C)(C)C(C)(C)O2)c(F)c1. The van der Waals surface area contributed by atoms with Gasteiger partial charge in [0.15, 0.2) is 0 Å². The van der Waals surface area contributed by atoms with Crippen LogP contribution < -0.4 is 5.46 Å². The molecular weight excluding hydrogens is 318 g/mol. The highest BCUT2D eigenvalue weighted by molar-refractivity contribution is 6.62. The van der Waals surface area contributed by atoms with E-state index in [1.165, 1.54) is 6.07 Å². The van der Waals surface area contributed by atoms with E-state index in [2.05, 4.69) is 0 Å². The maximum Gasteiger partial charge on any atom is 0.497 e. The van der Waals surface area contributed by atoms with Crippen LogP contribution in [-0.2, 0) is 14.9 Å². The van der Waals surface area contributed by atoms with Crippen molar-refractivity contribution >= 4 is 12.6 Å². The summed E-state index contributed by atoms with van der Waals surface area (Å²) in [5.41, 5.74) is -0.812. The highest BCUT2D eigenvalue weighted by atomic mass is 19.1. The molecule has 0 saturated carbocycles. The molecule has 2 aromatic carbocycles. The van der Waals surface area contributed by atoms with Gasteiger partial charge in [0.05, 0.1) is 11.2 Å². The van der Waals surface area contributed by atoms with Gasteiger partial charge in [-0.1, -0.05) is 42.5 Å². The molecule has 3 rings (SSSR count). The molecule has 0 radical (unpaired) electrons. The summed E-state index contributed by atoms with van der Waals surface area (Å²) in [5.74, 6) is -0.452. The fourth-order valence-corrected chi connectivity index (χ4v) is 2.92. The van der Waals surface area contributed by atoms with Crippen molar-refractivity contribution in [2.45, 2.75) is 51.4 Å². The molecule has 1 unspecified atom stereocenters. The van der Waals surface area contributed by atoms with Gasteiger partial charge in [0, 0.05) is 5.46 Å². The zero-order valence-corrected chi connectivity index (χ0v) is 15.3. The van der Waals surface area contributed by atoms with Gasteiger partial charge in [-0.25, -0.2) is 4.39 Å².